The number of carbonyl (C=O) groups excluding carboxylic acids is 1. The molecule has 0 aromatic heterocycles. The van der Waals surface area contributed by atoms with Crippen molar-refractivity contribution in [2.45, 2.75) is 31.8 Å². The number of carbonyl (C=O) groups is 1. The van der Waals surface area contributed by atoms with Gasteiger partial charge in [-0.05, 0) is 25.0 Å². The Morgan fingerprint density at radius 1 is 1.33 bits per heavy atom. The minimum atomic E-state index is 0.258. The SMILES string of the molecule is O=C(CCCSCC1CCCO1)c1ccccc1. The van der Waals surface area contributed by atoms with E-state index in [-0.39, 0.29) is 5.78 Å². The summed E-state index contributed by atoms with van der Waals surface area (Å²) in [6.45, 7) is 0.928. The summed E-state index contributed by atoms with van der Waals surface area (Å²) >= 11 is 1.91. The normalized spacial score (nSPS) is 19.0. The molecule has 2 rings (SSSR count). The van der Waals surface area contributed by atoms with E-state index in [9.17, 15) is 4.79 Å². The Morgan fingerprint density at radius 3 is 2.89 bits per heavy atom. The molecule has 0 saturated carbocycles. The van der Waals surface area contributed by atoms with Crippen molar-refractivity contribution in [1.29, 1.82) is 0 Å². The molecule has 1 aromatic carbocycles. The first-order valence-electron chi connectivity index (χ1n) is 6.64. The van der Waals surface area contributed by atoms with E-state index >= 15 is 0 Å². The summed E-state index contributed by atoms with van der Waals surface area (Å²) in [5, 5.41) is 0. The lowest BCUT2D eigenvalue weighted by Gasteiger charge is -2.08. The molecular weight excluding hydrogens is 244 g/mol. The van der Waals surface area contributed by atoms with E-state index < -0.39 is 0 Å². The predicted octanol–water partition coefficient (Wildman–Crippen LogP) is 3.56. The van der Waals surface area contributed by atoms with Crippen molar-refractivity contribution in [2.24, 2.45) is 0 Å². The summed E-state index contributed by atoms with van der Waals surface area (Å²) in [6, 6.07) is 9.55. The van der Waals surface area contributed by atoms with Gasteiger partial charge in [-0.1, -0.05) is 30.3 Å². The van der Waals surface area contributed by atoms with Crippen LogP contribution < -0.4 is 0 Å². The van der Waals surface area contributed by atoms with Gasteiger partial charge in [0.15, 0.2) is 5.78 Å². The van der Waals surface area contributed by atoms with Crippen LogP contribution in [0.5, 0.6) is 0 Å². The van der Waals surface area contributed by atoms with Gasteiger partial charge in [0.2, 0.25) is 0 Å². The summed E-state index contributed by atoms with van der Waals surface area (Å²) in [7, 11) is 0. The maximum absolute atomic E-state index is 11.8. The summed E-state index contributed by atoms with van der Waals surface area (Å²) < 4.78 is 5.56. The third-order valence-corrected chi connectivity index (χ3v) is 4.30. The van der Waals surface area contributed by atoms with Crippen molar-refractivity contribution in [1.82, 2.24) is 0 Å². The quantitative estimate of drug-likeness (QED) is 0.556. The van der Waals surface area contributed by atoms with Crippen molar-refractivity contribution in [3.8, 4) is 0 Å². The van der Waals surface area contributed by atoms with Crippen LogP contribution in [0.15, 0.2) is 30.3 Å². The monoisotopic (exact) mass is 264 g/mol. The summed E-state index contributed by atoms with van der Waals surface area (Å²) in [6.07, 6.45) is 4.49. The van der Waals surface area contributed by atoms with E-state index in [4.69, 9.17) is 4.74 Å². The third kappa shape index (κ3) is 4.46. The average molecular weight is 264 g/mol. The lowest BCUT2D eigenvalue weighted by molar-refractivity contribution is 0.0982. The van der Waals surface area contributed by atoms with Crippen molar-refractivity contribution in [2.75, 3.05) is 18.1 Å². The van der Waals surface area contributed by atoms with E-state index in [1.807, 2.05) is 42.1 Å². The van der Waals surface area contributed by atoms with Gasteiger partial charge in [0.1, 0.15) is 0 Å². The van der Waals surface area contributed by atoms with Gasteiger partial charge < -0.3 is 4.74 Å². The second kappa shape index (κ2) is 7.59. The van der Waals surface area contributed by atoms with Crippen LogP contribution in [0, 0.1) is 0 Å². The van der Waals surface area contributed by atoms with Crippen molar-refractivity contribution in [3.63, 3.8) is 0 Å². The molecule has 1 fully saturated rings. The molecule has 0 radical (unpaired) electrons. The smallest absolute Gasteiger partial charge is 0.162 e. The molecule has 2 nitrogen and oxygen atoms in total. The van der Waals surface area contributed by atoms with Gasteiger partial charge in [-0.3, -0.25) is 4.79 Å². The largest absolute Gasteiger partial charge is 0.377 e. The number of ketones is 1. The third-order valence-electron chi connectivity index (χ3n) is 3.12. The van der Waals surface area contributed by atoms with Gasteiger partial charge in [-0.25, -0.2) is 0 Å². The van der Waals surface area contributed by atoms with Gasteiger partial charge in [0, 0.05) is 24.3 Å². The van der Waals surface area contributed by atoms with Crippen LogP contribution in [-0.2, 0) is 4.74 Å². The van der Waals surface area contributed by atoms with Gasteiger partial charge >= 0.3 is 0 Å². The Kier molecular flexibility index (Phi) is 5.75. The highest BCUT2D eigenvalue weighted by atomic mass is 32.2. The molecule has 1 aromatic rings. The summed E-state index contributed by atoms with van der Waals surface area (Å²) in [5.74, 6) is 2.39. The van der Waals surface area contributed by atoms with Crippen LogP contribution in [0.4, 0.5) is 0 Å². The molecule has 3 heteroatoms. The highest BCUT2D eigenvalue weighted by molar-refractivity contribution is 7.99. The van der Waals surface area contributed by atoms with Gasteiger partial charge in [-0.15, -0.1) is 0 Å². The molecule has 0 bridgehead atoms. The molecule has 0 N–H and O–H groups in total. The lowest BCUT2D eigenvalue weighted by atomic mass is 10.1. The Morgan fingerprint density at radius 2 is 2.17 bits per heavy atom. The second-order valence-corrected chi connectivity index (χ2v) is 5.75. The zero-order valence-electron chi connectivity index (χ0n) is 10.6. The minimum absolute atomic E-state index is 0.258. The molecule has 98 valence electrons. The maximum Gasteiger partial charge on any atom is 0.162 e. The number of benzene rings is 1. The summed E-state index contributed by atoms with van der Waals surface area (Å²) in [5.41, 5.74) is 0.835. The van der Waals surface area contributed by atoms with Crippen LogP contribution in [0.3, 0.4) is 0 Å². The fraction of sp³-hybridized carbons (Fsp3) is 0.533. The number of hydrogen-bond donors (Lipinski definition) is 0. The molecule has 18 heavy (non-hydrogen) atoms. The highest BCUT2D eigenvalue weighted by Crippen LogP contribution is 2.18. The molecule has 1 saturated heterocycles. The van der Waals surface area contributed by atoms with Gasteiger partial charge in [0.25, 0.3) is 0 Å². The number of rotatable bonds is 7. The molecule has 0 amide bonds. The lowest BCUT2D eigenvalue weighted by Crippen LogP contribution is -2.08. The number of hydrogen-bond acceptors (Lipinski definition) is 3. The van der Waals surface area contributed by atoms with E-state index in [1.54, 1.807) is 0 Å². The Labute approximate surface area is 113 Å². The minimum Gasteiger partial charge on any atom is -0.377 e. The van der Waals surface area contributed by atoms with E-state index in [0.29, 0.717) is 12.5 Å². The van der Waals surface area contributed by atoms with E-state index in [1.165, 1.54) is 12.8 Å². The standard InChI is InChI=1S/C15H20O2S/c16-15(13-6-2-1-3-7-13)9-5-11-18-12-14-8-4-10-17-14/h1-3,6-7,14H,4-5,8-12H2. The first-order valence-corrected chi connectivity index (χ1v) is 7.79. The molecule has 0 spiro atoms. The topological polar surface area (TPSA) is 26.3 Å². The first kappa shape index (κ1) is 13.6. The molecule has 1 heterocycles. The Balaban J connectivity index is 1.56. The van der Waals surface area contributed by atoms with Crippen LogP contribution >= 0.6 is 11.8 Å². The van der Waals surface area contributed by atoms with Crippen LogP contribution in [0.25, 0.3) is 0 Å². The van der Waals surface area contributed by atoms with E-state index in [2.05, 4.69) is 0 Å². The first-order chi connectivity index (χ1) is 8.86. The average Bonchev–Trinajstić information content (AvgIpc) is 2.92. The van der Waals surface area contributed by atoms with Crippen LogP contribution in [-0.4, -0.2) is 30.0 Å². The molecule has 1 atom stereocenters. The maximum atomic E-state index is 11.8. The number of thioether (sulfide) groups is 1. The number of Topliss-reactive ketones (excluding diaryl/α,β-unsaturated/α-hetero) is 1. The molecule has 1 aliphatic heterocycles. The number of ether oxygens (including phenoxy) is 1. The Hall–Kier alpha value is -0.800. The van der Waals surface area contributed by atoms with Crippen molar-refractivity contribution >= 4 is 17.5 Å². The predicted molar refractivity (Wildman–Crippen MR) is 76.3 cm³/mol. The van der Waals surface area contributed by atoms with Crippen LogP contribution in [0.1, 0.15) is 36.0 Å². The molecular formula is C15H20O2S. The molecule has 1 aliphatic rings. The van der Waals surface area contributed by atoms with Crippen molar-refractivity contribution in [3.05, 3.63) is 35.9 Å². The van der Waals surface area contributed by atoms with Crippen molar-refractivity contribution < 1.29 is 9.53 Å². The second-order valence-electron chi connectivity index (χ2n) is 4.60. The highest BCUT2D eigenvalue weighted by Gasteiger charge is 2.14. The van der Waals surface area contributed by atoms with E-state index in [0.717, 1.165) is 30.1 Å². The zero-order chi connectivity index (χ0) is 12.6. The zero-order valence-corrected chi connectivity index (χ0v) is 11.5. The Bertz CT molecular complexity index is 358. The fourth-order valence-electron chi connectivity index (χ4n) is 2.09. The van der Waals surface area contributed by atoms with Crippen LogP contribution in [0.2, 0.25) is 0 Å². The summed E-state index contributed by atoms with van der Waals surface area (Å²) in [4.78, 5) is 11.8. The van der Waals surface area contributed by atoms with Gasteiger partial charge in [-0.2, -0.15) is 11.8 Å². The molecule has 0 aliphatic carbocycles. The fourth-order valence-corrected chi connectivity index (χ4v) is 3.13. The van der Waals surface area contributed by atoms with Gasteiger partial charge in [0.05, 0.1) is 6.10 Å². The molecule has 1 unspecified atom stereocenters.